The van der Waals surface area contributed by atoms with Crippen LogP contribution in [0, 0.1) is 0 Å². The molecule has 8 heteroatoms. The Morgan fingerprint density at radius 2 is 2.08 bits per heavy atom. The highest BCUT2D eigenvalue weighted by atomic mass is 32.1. The number of nitrogens with one attached hydrogen (secondary N) is 2. The minimum Gasteiger partial charge on any atom is -0.364 e. The zero-order valence-electron chi connectivity index (χ0n) is 13.5. The number of anilines is 1. The maximum Gasteiger partial charge on any atom is 0.204 e. The van der Waals surface area contributed by atoms with Gasteiger partial charge in [-0.05, 0) is 34.9 Å². The number of aromatic nitrogens is 6. The Balaban J connectivity index is 1.60. The Morgan fingerprint density at radius 3 is 2.92 bits per heavy atom. The van der Waals surface area contributed by atoms with Crippen molar-refractivity contribution in [1.29, 1.82) is 0 Å². The minimum absolute atomic E-state index is 0.558. The van der Waals surface area contributed by atoms with Crippen molar-refractivity contribution in [3.05, 3.63) is 59.7 Å². The van der Waals surface area contributed by atoms with Crippen molar-refractivity contribution in [1.82, 2.24) is 30.6 Å². The summed E-state index contributed by atoms with van der Waals surface area (Å²) in [5.74, 6) is 1.41. The molecule has 0 saturated heterocycles. The first kappa shape index (κ1) is 14.9. The first-order valence-electron chi connectivity index (χ1n) is 8.07. The zero-order valence-corrected chi connectivity index (χ0v) is 14.4. The molecule has 0 spiro atoms. The maximum atomic E-state index is 4.84. The van der Waals surface area contributed by atoms with E-state index >= 15 is 0 Å². The van der Waals surface area contributed by atoms with Crippen LogP contribution in [0.3, 0.4) is 0 Å². The van der Waals surface area contributed by atoms with Gasteiger partial charge in [0.2, 0.25) is 5.82 Å². The van der Waals surface area contributed by atoms with E-state index in [1.165, 1.54) is 4.70 Å². The number of benzene rings is 1. The van der Waals surface area contributed by atoms with Crippen LogP contribution in [0.4, 0.5) is 5.82 Å². The van der Waals surface area contributed by atoms with Crippen LogP contribution in [0.15, 0.2) is 54.0 Å². The molecule has 0 amide bonds. The maximum absolute atomic E-state index is 4.84. The number of H-pyrrole nitrogens is 1. The van der Waals surface area contributed by atoms with E-state index in [0.29, 0.717) is 12.4 Å². The molecule has 5 aromatic rings. The third-order valence-electron chi connectivity index (χ3n) is 4.16. The third-order valence-corrected chi connectivity index (χ3v) is 5.11. The van der Waals surface area contributed by atoms with Gasteiger partial charge >= 0.3 is 0 Å². The fraction of sp³-hybridized carbons (Fsp3) is 0.0556. The van der Waals surface area contributed by atoms with E-state index in [1.54, 1.807) is 17.5 Å². The summed E-state index contributed by atoms with van der Waals surface area (Å²) in [7, 11) is 0. The molecule has 0 aliphatic heterocycles. The monoisotopic (exact) mass is 359 g/mol. The van der Waals surface area contributed by atoms with E-state index in [0.717, 1.165) is 33.4 Å². The number of tetrazole rings is 1. The van der Waals surface area contributed by atoms with Gasteiger partial charge in [0, 0.05) is 27.2 Å². The largest absolute Gasteiger partial charge is 0.364 e. The van der Waals surface area contributed by atoms with Gasteiger partial charge in [-0.3, -0.25) is 4.98 Å². The van der Waals surface area contributed by atoms with Crippen molar-refractivity contribution in [2.45, 2.75) is 6.54 Å². The highest BCUT2D eigenvalue weighted by Gasteiger charge is 2.12. The van der Waals surface area contributed by atoms with E-state index in [-0.39, 0.29) is 0 Å². The average Bonchev–Trinajstić information content (AvgIpc) is 3.38. The minimum atomic E-state index is 0.558. The number of rotatable bonds is 4. The third kappa shape index (κ3) is 2.56. The molecule has 126 valence electrons. The van der Waals surface area contributed by atoms with Crippen LogP contribution in [0.1, 0.15) is 5.69 Å². The summed E-state index contributed by atoms with van der Waals surface area (Å²) in [5.41, 5.74) is 2.74. The molecule has 0 atom stereocenters. The molecule has 0 saturated carbocycles. The molecule has 26 heavy (non-hydrogen) atoms. The second-order valence-corrected chi connectivity index (χ2v) is 6.68. The summed E-state index contributed by atoms with van der Waals surface area (Å²) in [6, 6.07) is 14.0. The molecule has 0 fully saturated rings. The molecule has 4 heterocycles. The standard InChI is InChI=1S/C18H13N7S/c1-2-7-19-12(3-1)10-20-18-14-6-8-26-16(14)13-5-4-11(9-15(13)21-18)17-22-24-25-23-17/h1-9H,10H2,(H,20,21)(H,22,23,24,25). The van der Waals surface area contributed by atoms with E-state index in [4.69, 9.17) is 4.98 Å². The molecule has 0 aliphatic carbocycles. The van der Waals surface area contributed by atoms with Crippen LogP contribution in [-0.2, 0) is 6.54 Å². The lowest BCUT2D eigenvalue weighted by Gasteiger charge is -2.09. The summed E-state index contributed by atoms with van der Waals surface area (Å²) in [6.45, 7) is 0.620. The molecule has 5 rings (SSSR count). The molecular formula is C18H13N7S. The van der Waals surface area contributed by atoms with Gasteiger partial charge in [0.15, 0.2) is 0 Å². The number of hydrogen-bond acceptors (Lipinski definition) is 7. The van der Waals surface area contributed by atoms with Gasteiger partial charge in [-0.25, -0.2) is 4.98 Å². The van der Waals surface area contributed by atoms with Crippen LogP contribution < -0.4 is 5.32 Å². The number of aromatic amines is 1. The zero-order chi connectivity index (χ0) is 17.3. The Hall–Kier alpha value is -3.39. The van der Waals surface area contributed by atoms with Crippen molar-refractivity contribution in [3.8, 4) is 11.4 Å². The van der Waals surface area contributed by atoms with Gasteiger partial charge in [0.05, 0.1) is 17.8 Å². The van der Waals surface area contributed by atoms with Gasteiger partial charge in [-0.15, -0.1) is 21.5 Å². The molecule has 0 bridgehead atoms. The van der Waals surface area contributed by atoms with Crippen LogP contribution in [0.2, 0.25) is 0 Å². The molecule has 0 aliphatic rings. The summed E-state index contributed by atoms with van der Waals surface area (Å²) in [4.78, 5) is 9.20. The van der Waals surface area contributed by atoms with Gasteiger partial charge in [-0.2, -0.15) is 5.21 Å². The van der Waals surface area contributed by atoms with E-state index in [1.807, 2.05) is 30.3 Å². The van der Waals surface area contributed by atoms with Crippen molar-refractivity contribution >= 4 is 38.1 Å². The normalized spacial score (nSPS) is 11.2. The first-order valence-corrected chi connectivity index (χ1v) is 8.95. The second-order valence-electron chi connectivity index (χ2n) is 5.77. The SMILES string of the molecule is c1ccc(CNc2nc3cc(-c4nn[nH]n4)ccc3c3sccc23)nc1. The molecule has 2 N–H and O–H groups in total. The quantitative estimate of drug-likeness (QED) is 0.509. The predicted molar refractivity (Wildman–Crippen MR) is 102 cm³/mol. The summed E-state index contributed by atoms with van der Waals surface area (Å²) < 4.78 is 1.21. The number of hydrogen-bond donors (Lipinski definition) is 2. The Kier molecular flexibility index (Phi) is 3.53. The van der Waals surface area contributed by atoms with Crippen molar-refractivity contribution in [2.75, 3.05) is 5.32 Å². The number of fused-ring (bicyclic) bond motifs is 3. The van der Waals surface area contributed by atoms with Crippen molar-refractivity contribution in [3.63, 3.8) is 0 Å². The van der Waals surface area contributed by atoms with Gasteiger partial charge in [0.25, 0.3) is 0 Å². The van der Waals surface area contributed by atoms with E-state index in [9.17, 15) is 0 Å². The molecule has 1 aromatic carbocycles. The van der Waals surface area contributed by atoms with Gasteiger partial charge < -0.3 is 5.32 Å². The van der Waals surface area contributed by atoms with Crippen LogP contribution >= 0.6 is 11.3 Å². The Labute approximate surface area is 152 Å². The molecule has 7 nitrogen and oxygen atoms in total. The van der Waals surface area contributed by atoms with Crippen LogP contribution in [-0.4, -0.2) is 30.6 Å². The second kappa shape index (κ2) is 6.16. The van der Waals surface area contributed by atoms with Crippen LogP contribution in [0.25, 0.3) is 32.4 Å². The molecule has 0 radical (unpaired) electrons. The Bertz CT molecular complexity index is 1180. The predicted octanol–water partition coefficient (Wildman–Crippen LogP) is 3.64. The Morgan fingerprint density at radius 1 is 1.08 bits per heavy atom. The number of nitrogens with zero attached hydrogens (tertiary/aromatic N) is 5. The van der Waals surface area contributed by atoms with Crippen LogP contribution in [0.5, 0.6) is 0 Å². The average molecular weight is 359 g/mol. The summed E-state index contributed by atoms with van der Waals surface area (Å²) in [6.07, 6.45) is 1.79. The fourth-order valence-electron chi connectivity index (χ4n) is 2.94. The smallest absolute Gasteiger partial charge is 0.204 e. The highest BCUT2D eigenvalue weighted by Crippen LogP contribution is 2.34. The summed E-state index contributed by atoms with van der Waals surface area (Å²) >= 11 is 1.71. The number of pyridine rings is 2. The lowest BCUT2D eigenvalue weighted by molar-refractivity contribution is 0.881. The molecule has 4 aromatic heterocycles. The van der Waals surface area contributed by atoms with E-state index < -0.39 is 0 Å². The first-order chi connectivity index (χ1) is 12.9. The van der Waals surface area contributed by atoms with E-state index in [2.05, 4.69) is 48.4 Å². The summed E-state index contributed by atoms with van der Waals surface area (Å²) in [5, 5.41) is 21.9. The lowest BCUT2D eigenvalue weighted by Crippen LogP contribution is -2.03. The van der Waals surface area contributed by atoms with Crippen molar-refractivity contribution < 1.29 is 0 Å². The van der Waals surface area contributed by atoms with Crippen molar-refractivity contribution in [2.24, 2.45) is 0 Å². The number of thiophene rings is 1. The molecule has 0 unspecified atom stereocenters. The topological polar surface area (TPSA) is 92.3 Å². The fourth-order valence-corrected chi connectivity index (χ4v) is 3.87. The van der Waals surface area contributed by atoms with Gasteiger partial charge in [0.1, 0.15) is 5.82 Å². The highest BCUT2D eigenvalue weighted by molar-refractivity contribution is 7.18. The lowest BCUT2D eigenvalue weighted by atomic mass is 10.1. The molecular weight excluding hydrogens is 346 g/mol. The van der Waals surface area contributed by atoms with Gasteiger partial charge in [-0.1, -0.05) is 18.2 Å².